The molecule has 0 bridgehead atoms. The number of carbonyl (C=O) groups is 2. The van der Waals surface area contributed by atoms with Crippen molar-refractivity contribution in [3.8, 4) is 0 Å². The van der Waals surface area contributed by atoms with E-state index in [1.165, 1.54) is 0 Å². The van der Waals surface area contributed by atoms with Crippen LogP contribution in [0.2, 0.25) is 0 Å². The van der Waals surface area contributed by atoms with Gasteiger partial charge in [-0.2, -0.15) is 0 Å². The number of carbonyl (C=O) groups excluding carboxylic acids is 2. The van der Waals surface area contributed by atoms with Crippen molar-refractivity contribution in [2.24, 2.45) is 0 Å². The monoisotopic (exact) mass is 246 g/mol. The van der Waals surface area contributed by atoms with Crippen LogP contribution in [0.25, 0.3) is 0 Å². The van der Waals surface area contributed by atoms with Gasteiger partial charge in [0.1, 0.15) is 6.61 Å². The summed E-state index contributed by atoms with van der Waals surface area (Å²) in [6, 6.07) is 7.58. The maximum absolute atomic E-state index is 12.2. The van der Waals surface area contributed by atoms with Gasteiger partial charge in [-0.3, -0.25) is 9.59 Å². The van der Waals surface area contributed by atoms with E-state index < -0.39 is 12.0 Å². The second kappa shape index (κ2) is 3.81. The lowest BCUT2D eigenvalue weighted by molar-refractivity contribution is -0.133. The first-order valence-corrected chi connectivity index (χ1v) is 5.97. The summed E-state index contributed by atoms with van der Waals surface area (Å²) in [6.45, 7) is 0.371. The molecule has 0 radical (unpaired) electrons. The van der Waals surface area contributed by atoms with E-state index in [1.54, 1.807) is 4.90 Å². The van der Waals surface area contributed by atoms with Gasteiger partial charge < -0.3 is 15.3 Å². The molecular formula is C13H14N2O3. The quantitative estimate of drug-likeness (QED) is 0.738. The van der Waals surface area contributed by atoms with Crippen LogP contribution in [0.15, 0.2) is 24.3 Å². The van der Waals surface area contributed by atoms with Gasteiger partial charge in [-0.05, 0) is 18.1 Å². The molecule has 1 fully saturated rings. The van der Waals surface area contributed by atoms with Crippen LogP contribution in [0.4, 0.5) is 5.69 Å². The number of anilines is 1. The van der Waals surface area contributed by atoms with Crippen molar-refractivity contribution in [3.63, 3.8) is 0 Å². The van der Waals surface area contributed by atoms with E-state index in [2.05, 4.69) is 5.32 Å². The van der Waals surface area contributed by atoms with Crippen molar-refractivity contribution in [1.29, 1.82) is 0 Å². The summed E-state index contributed by atoms with van der Waals surface area (Å²) < 4.78 is 0. The molecule has 5 heteroatoms. The minimum Gasteiger partial charge on any atom is -0.387 e. The minimum absolute atomic E-state index is 0.0445. The van der Waals surface area contributed by atoms with Crippen LogP contribution < -0.4 is 5.32 Å². The Morgan fingerprint density at radius 2 is 2.22 bits per heavy atom. The second-order valence-electron chi connectivity index (χ2n) is 4.81. The van der Waals surface area contributed by atoms with E-state index in [0.29, 0.717) is 19.5 Å². The normalized spacial score (nSPS) is 25.4. The third-order valence-electron chi connectivity index (χ3n) is 3.88. The molecule has 1 aromatic rings. The number of benzene rings is 1. The molecule has 1 atom stereocenters. The Morgan fingerprint density at radius 1 is 1.44 bits per heavy atom. The third kappa shape index (κ3) is 1.37. The van der Waals surface area contributed by atoms with Crippen LogP contribution in [0, 0.1) is 0 Å². The average molecular weight is 246 g/mol. The van der Waals surface area contributed by atoms with E-state index >= 15 is 0 Å². The molecule has 1 saturated heterocycles. The van der Waals surface area contributed by atoms with Crippen LogP contribution in [-0.2, 0) is 15.0 Å². The van der Waals surface area contributed by atoms with Crippen molar-refractivity contribution >= 4 is 17.5 Å². The average Bonchev–Trinajstić information content (AvgIpc) is 2.94. The highest BCUT2D eigenvalue weighted by Gasteiger charge is 2.51. The Labute approximate surface area is 104 Å². The lowest BCUT2D eigenvalue weighted by Gasteiger charge is -2.22. The smallest absolute Gasteiger partial charge is 0.248 e. The van der Waals surface area contributed by atoms with Crippen LogP contribution in [0.5, 0.6) is 0 Å². The number of hydrogen-bond acceptors (Lipinski definition) is 3. The molecule has 1 spiro atoms. The van der Waals surface area contributed by atoms with E-state index in [4.69, 9.17) is 5.11 Å². The van der Waals surface area contributed by atoms with E-state index in [1.807, 2.05) is 24.3 Å². The molecule has 0 unspecified atom stereocenters. The fourth-order valence-electron chi connectivity index (χ4n) is 2.90. The molecule has 94 valence electrons. The van der Waals surface area contributed by atoms with Gasteiger partial charge in [0.2, 0.25) is 11.8 Å². The van der Waals surface area contributed by atoms with Crippen molar-refractivity contribution < 1.29 is 14.7 Å². The van der Waals surface area contributed by atoms with Gasteiger partial charge in [-0.1, -0.05) is 18.2 Å². The highest BCUT2D eigenvalue weighted by atomic mass is 16.3. The zero-order chi connectivity index (χ0) is 12.8. The topological polar surface area (TPSA) is 69.6 Å². The fraction of sp³-hybridized carbons (Fsp3) is 0.385. The van der Waals surface area contributed by atoms with Gasteiger partial charge in [0.15, 0.2) is 0 Å². The maximum Gasteiger partial charge on any atom is 0.248 e. The predicted octanol–water partition coefficient (Wildman–Crippen LogP) is 0.101. The first kappa shape index (κ1) is 11.2. The zero-order valence-electron chi connectivity index (χ0n) is 9.85. The zero-order valence-corrected chi connectivity index (χ0v) is 9.85. The standard InChI is InChI=1S/C13H14N2O3/c16-7-11(17)15-6-5-13(8-15)9-3-1-2-4-10(9)14-12(13)18/h1-4,16H,5-8H2,(H,14,18)/t13-/m0/s1. The van der Waals surface area contributed by atoms with Crippen molar-refractivity contribution in [3.05, 3.63) is 29.8 Å². The first-order chi connectivity index (χ1) is 8.67. The Morgan fingerprint density at radius 3 is 3.00 bits per heavy atom. The van der Waals surface area contributed by atoms with Crippen LogP contribution in [0.3, 0.4) is 0 Å². The number of hydrogen-bond donors (Lipinski definition) is 2. The van der Waals surface area contributed by atoms with Crippen LogP contribution >= 0.6 is 0 Å². The van der Waals surface area contributed by atoms with Crippen LogP contribution in [0.1, 0.15) is 12.0 Å². The molecular weight excluding hydrogens is 232 g/mol. The number of fused-ring (bicyclic) bond motifs is 2. The van der Waals surface area contributed by atoms with Gasteiger partial charge in [-0.15, -0.1) is 0 Å². The molecule has 0 aliphatic carbocycles. The number of rotatable bonds is 1. The molecule has 2 aliphatic heterocycles. The highest BCUT2D eigenvalue weighted by Crippen LogP contribution is 2.43. The van der Waals surface area contributed by atoms with Crippen molar-refractivity contribution in [2.45, 2.75) is 11.8 Å². The lowest BCUT2D eigenvalue weighted by Crippen LogP contribution is -2.40. The maximum atomic E-state index is 12.2. The molecule has 0 saturated carbocycles. The number of nitrogens with one attached hydrogen (secondary N) is 1. The Kier molecular flexibility index (Phi) is 2.38. The molecule has 1 aromatic carbocycles. The van der Waals surface area contributed by atoms with Gasteiger partial charge in [0, 0.05) is 18.8 Å². The van der Waals surface area contributed by atoms with Crippen LogP contribution in [-0.4, -0.2) is 41.5 Å². The summed E-state index contributed by atoms with van der Waals surface area (Å²) in [6.07, 6.45) is 0.613. The molecule has 2 N–H and O–H groups in total. The van der Waals surface area contributed by atoms with Gasteiger partial charge in [-0.25, -0.2) is 0 Å². The molecule has 3 rings (SSSR count). The Balaban J connectivity index is 1.97. The van der Waals surface area contributed by atoms with E-state index in [0.717, 1.165) is 11.3 Å². The summed E-state index contributed by atoms with van der Waals surface area (Å²) in [5.74, 6) is -0.360. The number of nitrogens with zero attached hydrogens (tertiary/aromatic N) is 1. The second-order valence-corrected chi connectivity index (χ2v) is 4.81. The van der Waals surface area contributed by atoms with Crippen molar-refractivity contribution in [1.82, 2.24) is 4.90 Å². The summed E-state index contributed by atoms with van der Waals surface area (Å²) in [4.78, 5) is 25.3. The van der Waals surface area contributed by atoms with E-state index in [-0.39, 0.29) is 11.8 Å². The lowest BCUT2D eigenvalue weighted by atomic mass is 9.81. The molecule has 2 heterocycles. The minimum atomic E-state index is -0.624. The first-order valence-electron chi connectivity index (χ1n) is 5.97. The number of para-hydroxylation sites is 1. The number of aliphatic hydroxyl groups excluding tert-OH is 1. The molecule has 2 aliphatic rings. The van der Waals surface area contributed by atoms with Gasteiger partial charge in [0.05, 0.1) is 5.41 Å². The fourth-order valence-corrected chi connectivity index (χ4v) is 2.90. The van der Waals surface area contributed by atoms with E-state index in [9.17, 15) is 9.59 Å². The SMILES string of the molecule is O=C(CO)N1CC[C@@]2(C1)C(=O)Nc1ccccc12. The summed E-state index contributed by atoms with van der Waals surface area (Å²) in [5.41, 5.74) is 1.17. The number of amides is 2. The summed E-state index contributed by atoms with van der Waals surface area (Å²) >= 11 is 0. The van der Waals surface area contributed by atoms with Gasteiger partial charge in [0.25, 0.3) is 0 Å². The predicted molar refractivity (Wildman–Crippen MR) is 65.0 cm³/mol. The summed E-state index contributed by atoms with van der Waals surface area (Å²) in [5, 5.41) is 11.8. The molecule has 5 nitrogen and oxygen atoms in total. The Bertz CT molecular complexity index is 529. The molecule has 18 heavy (non-hydrogen) atoms. The highest BCUT2D eigenvalue weighted by molar-refractivity contribution is 6.07. The largest absolute Gasteiger partial charge is 0.387 e. The Hall–Kier alpha value is -1.88. The molecule has 2 amide bonds. The third-order valence-corrected chi connectivity index (χ3v) is 3.88. The number of aliphatic hydroxyl groups is 1. The number of likely N-dealkylation sites (tertiary alicyclic amines) is 1. The van der Waals surface area contributed by atoms with Crippen molar-refractivity contribution in [2.75, 3.05) is 25.0 Å². The summed E-state index contributed by atoms with van der Waals surface area (Å²) in [7, 11) is 0. The molecule has 0 aromatic heterocycles. The van der Waals surface area contributed by atoms with Gasteiger partial charge >= 0.3 is 0 Å².